The molecule has 0 aromatic heterocycles. The lowest BCUT2D eigenvalue weighted by Gasteiger charge is -2.41. The lowest BCUT2D eigenvalue weighted by molar-refractivity contribution is -0.277. The van der Waals surface area contributed by atoms with E-state index in [0.29, 0.717) is 37.3 Å². The van der Waals surface area contributed by atoms with Crippen molar-refractivity contribution >= 4 is 76.4 Å². The first-order chi connectivity index (χ1) is 61.6. The third-order valence-electron chi connectivity index (χ3n) is 22.9. The van der Waals surface area contributed by atoms with E-state index in [1.165, 1.54) is 55.6 Å². The second-order valence-corrected chi connectivity index (χ2v) is 33.7. The molecule has 15 rings (SSSR count). The van der Waals surface area contributed by atoms with Crippen LogP contribution >= 0.6 is 23.2 Å². The number of amides is 8. The zero-order valence-corrected chi connectivity index (χ0v) is 72.2. The first kappa shape index (κ1) is 94.7. The molecule has 2 fully saturated rings. The van der Waals surface area contributed by atoms with Gasteiger partial charge < -0.3 is 147 Å². The first-order valence-electron chi connectivity index (χ1n) is 41.9. The molecule has 690 valence electrons. The number of rotatable bonds is 22. The van der Waals surface area contributed by atoms with Gasteiger partial charge in [-0.05, 0) is 153 Å². The van der Waals surface area contributed by atoms with Gasteiger partial charge >= 0.3 is 5.97 Å². The Kier molecular flexibility index (Phi) is 30.3. The molecule has 7 aromatic carbocycles. The summed E-state index contributed by atoms with van der Waals surface area (Å²) in [6.07, 6.45) is -15.1. The molecular weight excluding hydrogens is 1730 g/mol. The number of nitrogens with one attached hydrogen (secondary N) is 9. The number of phenols is 4. The average Bonchev–Trinajstić information content (AvgIpc) is 0.766. The minimum atomic E-state index is -2.44. The number of hydrogen-bond acceptors (Lipinski definition) is 30. The monoisotopic (exact) mass is 1830 g/mol. The normalized spacial score (nSPS) is 25.7. The molecular formula is C89H102Cl2N10O28. The van der Waals surface area contributed by atoms with Crippen molar-refractivity contribution in [3.63, 3.8) is 0 Å². The second-order valence-electron chi connectivity index (χ2n) is 32.9. The van der Waals surface area contributed by atoms with Crippen LogP contribution in [-0.4, -0.2) is 236 Å². The quantitative estimate of drug-likeness (QED) is 0.0333. The summed E-state index contributed by atoms with van der Waals surface area (Å²) in [5.41, 5.74) is -2.58. The van der Waals surface area contributed by atoms with Gasteiger partial charge in [0.05, 0.1) is 23.8 Å². The van der Waals surface area contributed by atoms with Crippen LogP contribution in [0.3, 0.4) is 0 Å². The van der Waals surface area contributed by atoms with Crippen LogP contribution in [0.4, 0.5) is 0 Å². The number of halogens is 2. The number of benzene rings is 7. The predicted molar refractivity (Wildman–Crippen MR) is 456 cm³/mol. The van der Waals surface area contributed by atoms with Crippen molar-refractivity contribution in [3.05, 3.63) is 164 Å². The van der Waals surface area contributed by atoms with Crippen molar-refractivity contribution in [2.24, 2.45) is 5.92 Å². The lowest BCUT2D eigenvalue weighted by Crippen LogP contribution is -2.66. The molecule has 0 spiro atoms. The van der Waals surface area contributed by atoms with Crippen molar-refractivity contribution in [2.75, 3.05) is 47.9 Å². The van der Waals surface area contributed by atoms with Crippen LogP contribution in [-0.2, 0) is 63.8 Å². The summed E-state index contributed by atoms with van der Waals surface area (Å²) < 4.78 is 50.0. The van der Waals surface area contributed by atoms with E-state index in [1.54, 1.807) is 14.1 Å². The third kappa shape index (κ3) is 21.5. The Hall–Kier alpha value is -11.9. The summed E-state index contributed by atoms with van der Waals surface area (Å²) >= 11 is 14.4. The smallest absolute Gasteiger partial charge is 0.337 e. The first-order valence-corrected chi connectivity index (χ1v) is 42.6. The Morgan fingerprint density at radius 2 is 1.22 bits per heavy atom. The zero-order valence-electron chi connectivity index (χ0n) is 70.7. The van der Waals surface area contributed by atoms with Crippen LogP contribution in [0.25, 0.3) is 11.1 Å². The number of aromatic hydroxyl groups is 4. The molecule has 8 heterocycles. The number of aliphatic hydroxyl groups excluding tert-OH is 7. The van der Waals surface area contributed by atoms with Crippen molar-refractivity contribution in [2.45, 2.75) is 188 Å². The molecule has 8 aliphatic heterocycles. The maximum atomic E-state index is 16.9. The number of carbonyl (C=O) groups excluding carboxylic acids is 9. The third-order valence-corrected chi connectivity index (χ3v) is 23.6. The minimum absolute atomic E-state index is 0.0897. The largest absolute Gasteiger partial charge is 0.508 e. The Morgan fingerprint density at radius 1 is 0.566 bits per heavy atom. The molecule has 38 nitrogen and oxygen atoms in total. The minimum Gasteiger partial charge on any atom is -0.508 e. The number of methoxy groups -OCH3 is 1. The standard InChI is InChI=1S/C89H102Cl2N10O28/c1-39(2)14-11-9-7-8-10-12-15-62(107)95-71-74(110)76(112)79(87(121)122-6)129-88(71)128-78-59-32-44-33-60(78)125-56-25-20-43(30-51(56)90)72(108)70-86(120)99-68(81(115)93-26-13-27-101(4)5)49-34-45(103)35-58(126-89-77(113)75(111)73(109)61(38-102)127-89)63(49)48-29-41(18-23-53(48)104)66(83(117)100-70)96-84(118)67(44)97-85(119)69-50-36-47(37-55(106)64(50)91)124-57-31-42(19-24-54(57)105)65(92-3)82(116)94-52(80(114)98-69)28-40-16-21-46(123-59)22-17-40/h16-25,29-37,39,52,61,65-77,79,88-89,92,102-106,108-113H,7-15,26-28,38H2,1-6H3,(H,93,115)(H,94,116)(H,95,107)(H,96,118)(H,97,119)(H,98,114)(H,99,120)(H,100,117)/t52-,61-,65-,66-,67-,68+,69+,70+,71-,72-,73-,74-,75+,76+,77+,79+,88-,89?/m1/s1. The van der Waals surface area contributed by atoms with E-state index in [1.807, 2.05) is 4.90 Å². The highest BCUT2D eigenvalue weighted by Gasteiger charge is 2.52. The Balaban J connectivity index is 1.04. The van der Waals surface area contributed by atoms with Crippen LogP contribution in [0.15, 0.2) is 115 Å². The number of nitrogens with zero attached hydrogens (tertiary/aromatic N) is 1. The summed E-state index contributed by atoms with van der Waals surface area (Å²) in [5.74, 6) is -16.6. The number of fused-ring (bicyclic) bond motifs is 14. The van der Waals surface area contributed by atoms with Crippen molar-refractivity contribution in [3.8, 4) is 80.1 Å². The molecule has 18 atom stereocenters. The van der Waals surface area contributed by atoms with Crippen LogP contribution in [0.2, 0.25) is 10.0 Å². The van der Waals surface area contributed by atoms with Crippen molar-refractivity contribution in [1.29, 1.82) is 0 Å². The summed E-state index contributed by atoms with van der Waals surface area (Å²) in [6, 6.07) is 6.07. The van der Waals surface area contributed by atoms with Crippen molar-refractivity contribution < 1.29 is 137 Å². The summed E-state index contributed by atoms with van der Waals surface area (Å²) in [6.45, 7) is 3.64. The van der Waals surface area contributed by atoms with E-state index in [0.717, 1.165) is 106 Å². The maximum Gasteiger partial charge on any atom is 0.337 e. The molecule has 8 amide bonds. The highest BCUT2D eigenvalue weighted by atomic mass is 35.5. The van der Waals surface area contributed by atoms with Crippen LogP contribution < -0.4 is 71.5 Å². The highest BCUT2D eigenvalue weighted by Crippen LogP contribution is 2.51. The molecule has 0 saturated carbocycles. The fourth-order valence-corrected chi connectivity index (χ4v) is 16.5. The predicted octanol–water partition coefficient (Wildman–Crippen LogP) is 4.26. The fraction of sp³-hybridized carbons (Fsp3) is 0.427. The number of hydrogen-bond donors (Lipinski definition) is 20. The number of unbranched alkanes of at least 4 members (excludes halogenated alkanes) is 5. The zero-order chi connectivity index (χ0) is 92.7. The van der Waals surface area contributed by atoms with Gasteiger partial charge in [-0.1, -0.05) is 106 Å². The van der Waals surface area contributed by atoms with Gasteiger partial charge in [-0.3, -0.25) is 38.4 Å². The van der Waals surface area contributed by atoms with Crippen molar-refractivity contribution in [1.82, 2.24) is 52.8 Å². The van der Waals surface area contributed by atoms with Crippen LogP contribution in [0, 0.1) is 5.92 Å². The van der Waals surface area contributed by atoms with Gasteiger partial charge in [-0.25, -0.2) is 4.79 Å². The van der Waals surface area contributed by atoms with Gasteiger partial charge in [0, 0.05) is 48.2 Å². The SMILES string of the molecule is CN[C@H]1C(=O)N[C@@H]2Cc3ccc(cc3)Oc3cc4cc(c3O[C@@H]3O[C@H](C(=O)OC)[C@@H](O)[C@H](O)[C@H]3NC(=O)CCCCCCCCC(C)C)Oc3ccc(cc3Cl)[C@@H](O)[C@@H]3NC(=O)[C@H](NC(=O)[C@@H]4NC(=O)[C@@H](NC2=O)c2cc(cc(O)c2Cl)Oc2cc1ccc2O)c1ccc(O)c(c1)-c1c(OC2O[C@H](CO)[C@@H](O)[C@H](O)[C@@H]2O)cc(O)cc1[C@@H](C(=O)NCCCN(C)C)NC3=O. The van der Waals surface area contributed by atoms with E-state index < -0.39 is 271 Å². The van der Waals surface area contributed by atoms with Gasteiger partial charge in [-0.2, -0.15) is 0 Å². The van der Waals surface area contributed by atoms with E-state index in [2.05, 4.69) is 61.7 Å². The molecule has 0 aliphatic carbocycles. The fourth-order valence-electron chi connectivity index (χ4n) is 16.0. The Bertz CT molecular complexity index is 5360. The molecule has 0 radical (unpaired) electrons. The number of esters is 1. The number of aliphatic hydroxyl groups is 7. The van der Waals surface area contributed by atoms with Gasteiger partial charge in [0.15, 0.2) is 29.1 Å². The maximum absolute atomic E-state index is 16.9. The van der Waals surface area contributed by atoms with E-state index in [9.17, 15) is 70.6 Å². The summed E-state index contributed by atoms with van der Waals surface area (Å²) in [5, 5.41) is 151. The summed E-state index contributed by atoms with van der Waals surface area (Å²) in [7, 11) is 5.94. The van der Waals surface area contributed by atoms with Crippen LogP contribution in [0.5, 0.6) is 69.0 Å². The molecule has 17 bridgehead atoms. The molecule has 40 heteroatoms. The Morgan fingerprint density at radius 3 is 1.91 bits per heavy atom. The van der Waals surface area contributed by atoms with Crippen LogP contribution in [0.1, 0.15) is 147 Å². The van der Waals surface area contributed by atoms with Gasteiger partial charge in [0.25, 0.3) is 0 Å². The van der Waals surface area contributed by atoms with E-state index in [4.69, 9.17) is 61.1 Å². The van der Waals surface area contributed by atoms with Gasteiger partial charge in [0.2, 0.25) is 65.6 Å². The molecule has 1 unspecified atom stereocenters. The van der Waals surface area contributed by atoms with E-state index in [-0.39, 0.29) is 41.3 Å². The highest BCUT2D eigenvalue weighted by molar-refractivity contribution is 6.33. The number of likely N-dealkylation sites (N-methyl/N-ethyl adjacent to an activating group) is 1. The molecule has 7 aromatic rings. The number of ether oxygens (including phenoxy) is 8. The van der Waals surface area contributed by atoms with Gasteiger partial charge in [0.1, 0.15) is 131 Å². The molecule has 8 aliphatic rings. The lowest BCUT2D eigenvalue weighted by atomic mass is 9.89. The molecule has 20 N–H and O–H groups in total. The average molecular weight is 1830 g/mol. The Labute approximate surface area is 748 Å². The topological polar surface area (TPSA) is 562 Å². The van der Waals surface area contributed by atoms with Gasteiger partial charge in [-0.15, -0.1) is 0 Å². The number of phenolic OH excluding ortho intramolecular Hbond substituents is 4. The molecule has 129 heavy (non-hydrogen) atoms. The number of carbonyl (C=O) groups is 9. The van der Waals surface area contributed by atoms with E-state index >= 15 is 28.8 Å². The second kappa shape index (κ2) is 41.3. The summed E-state index contributed by atoms with van der Waals surface area (Å²) in [4.78, 5) is 141. The molecule has 2 saturated heterocycles.